The van der Waals surface area contributed by atoms with Crippen LogP contribution in [0.3, 0.4) is 0 Å². The second-order valence-corrected chi connectivity index (χ2v) is 26.3. The average Bonchev–Trinajstić information content (AvgIpc) is 0.705. The molecule has 0 unspecified atom stereocenters. The van der Waals surface area contributed by atoms with E-state index >= 15 is 0 Å². The Bertz CT molecular complexity index is 5820. The second kappa shape index (κ2) is 23.4. The standard InChI is InChI=1S/C92H62B2N6/c1-6-28-66(29-7-1)95(67-30-8-2-9-31-67)74-57-59-81-90(62-74)100(88-49-25-47-86-92(88)94(81)79-42-19-21-44-84(79)98(86)70-36-14-5-15-37-70)82-45-23-39-76-75(38-22-40-77(76)82)64-51-53-71(54-52-64)96(68-32-10-3-11-33-68)73-56-58-80-89(61-73)99(72-55-50-63-26-16-17-27-65(63)60-72)87-48-24-46-85-91(87)93(80)78-41-18-20-43-83(78)97(85)69-34-12-4-13-35-69/h1-62H. The molecular formula is C92H62B2N6. The molecule has 0 spiro atoms. The molecule has 100 heavy (non-hydrogen) atoms. The number of anilines is 18. The van der Waals surface area contributed by atoms with Gasteiger partial charge >= 0.3 is 0 Å². The fourth-order valence-corrected chi connectivity index (χ4v) is 16.7. The molecule has 16 aromatic carbocycles. The van der Waals surface area contributed by atoms with E-state index in [1.807, 2.05) is 0 Å². The Hall–Kier alpha value is -13.0. The normalized spacial score (nSPS) is 12.9. The lowest BCUT2D eigenvalue weighted by Crippen LogP contribution is -2.61. The first-order valence-corrected chi connectivity index (χ1v) is 34.6. The fraction of sp³-hybridized carbons (Fsp3) is 0. The van der Waals surface area contributed by atoms with E-state index in [1.54, 1.807) is 0 Å². The summed E-state index contributed by atoms with van der Waals surface area (Å²) in [4.78, 5) is 14.8. The minimum atomic E-state index is -0.0325. The molecule has 8 heteroatoms. The predicted molar refractivity (Wildman–Crippen MR) is 424 cm³/mol. The third-order valence-electron chi connectivity index (χ3n) is 20.9. The molecule has 0 saturated carbocycles. The molecule has 4 aliphatic heterocycles. The van der Waals surface area contributed by atoms with Gasteiger partial charge in [0.15, 0.2) is 0 Å². The summed E-state index contributed by atoms with van der Waals surface area (Å²) in [6.45, 7) is -0.0482. The summed E-state index contributed by atoms with van der Waals surface area (Å²) in [6.07, 6.45) is 0. The SMILES string of the molecule is c1ccc(N(c2ccc(-c3cccc4c(N5c6cc(N(c7ccccc7)c7ccccc7)ccc6B6c7ccccc7N(c7ccccc7)c7cccc5c76)cccc34)cc2)c2ccc3c(c2)N(c2ccc4ccccc4c2)c2cccc4c2B3c2ccccc2N4c2ccccc2)cc1. The smallest absolute Gasteiger partial charge is 0.252 e. The van der Waals surface area contributed by atoms with Crippen molar-refractivity contribution in [3.8, 4) is 11.1 Å². The zero-order valence-electron chi connectivity index (χ0n) is 54.6. The summed E-state index contributed by atoms with van der Waals surface area (Å²) >= 11 is 0. The number of benzene rings is 16. The molecule has 4 aliphatic rings. The zero-order valence-corrected chi connectivity index (χ0v) is 54.6. The van der Waals surface area contributed by atoms with Crippen molar-refractivity contribution < 1.29 is 0 Å². The number of hydrogen-bond donors (Lipinski definition) is 0. The van der Waals surface area contributed by atoms with Crippen molar-refractivity contribution in [3.05, 3.63) is 376 Å². The van der Waals surface area contributed by atoms with Crippen LogP contribution < -0.4 is 62.2 Å². The molecule has 0 saturated heterocycles. The van der Waals surface area contributed by atoms with Crippen molar-refractivity contribution >= 4 is 170 Å². The van der Waals surface area contributed by atoms with E-state index in [0.29, 0.717) is 0 Å². The summed E-state index contributed by atoms with van der Waals surface area (Å²) in [5.41, 5.74) is 30.3. The van der Waals surface area contributed by atoms with Gasteiger partial charge in [-0.05, 0) is 212 Å². The maximum Gasteiger partial charge on any atom is 0.252 e. The van der Waals surface area contributed by atoms with E-state index in [1.165, 1.54) is 77.4 Å². The van der Waals surface area contributed by atoms with Crippen LogP contribution in [0.4, 0.5) is 102 Å². The van der Waals surface area contributed by atoms with Gasteiger partial charge in [0, 0.05) is 102 Å². The van der Waals surface area contributed by atoms with Crippen LogP contribution in [0, 0.1) is 0 Å². The molecule has 0 fully saturated rings. The molecule has 20 rings (SSSR count). The number of para-hydroxylation sites is 7. The molecule has 16 aromatic rings. The van der Waals surface area contributed by atoms with Crippen molar-refractivity contribution in [2.24, 2.45) is 0 Å². The number of rotatable bonds is 11. The van der Waals surface area contributed by atoms with Gasteiger partial charge in [0.05, 0.1) is 5.69 Å². The molecule has 466 valence electrons. The van der Waals surface area contributed by atoms with Crippen molar-refractivity contribution in [1.29, 1.82) is 0 Å². The van der Waals surface area contributed by atoms with Crippen molar-refractivity contribution in [1.82, 2.24) is 0 Å². The molecule has 0 radical (unpaired) electrons. The largest absolute Gasteiger partial charge is 0.311 e. The molecule has 0 aliphatic carbocycles. The van der Waals surface area contributed by atoms with Gasteiger partial charge in [-0.25, -0.2) is 0 Å². The van der Waals surface area contributed by atoms with E-state index in [2.05, 4.69) is 406 Å². The average molecular weight is 1270 g/mol. The maximum atomic E-state index is 2.57. The highest BCUT2D eigenvalue weighted by Gasteiger charge is 2.45. The minimum Gasteiger partial charge on any atom is -0.311 e. The third kappa shape index (κ3) is 9.07. The zero-order chi connectivity index (χ0) is 65.8. The molecule has 0 bridgehead atoms. The number of fused-ring (bicyclic) bond motifs is 10. The van der Waals surface area contributed by atoms with Gasteiger partial charge < -0.3 is 29.4 Å². The number of nitrogens with zero attached hydrogens (tertiary/aromatic N) is 6. The Morgan fingerprint density at radius 1 is 0.200 bits per heavy atom. The minimum absolute atomic E-state index is 0.0157. The van der Waals surface area contributed by atoms with E-state index < -0.39 is 0 Å². The van der Waals surface area contributed by atoms with Gasteiger partial charge in [-0.2, -0.15) is 0 Å². The van der Waals surface area contributed by atoms with Crippen LogP contribution in [0.5, 0.6) is 0 Å². The highest BCUT2D eigenvalue weighted by Crippen LogP contribution is 2.51. The quantitative estimate of drug-likeness (QED) is 0.119. The Morgan fingerprint density at radius 2 is 0.570 bits per heavy atom. The predicted octanol–water partition coefficient (Wildman–Crippen LogP) is 20.8. The Morgan fingerprint density at radius 3 is 1.10 bits per heavy atom. The Labute approximate surface area is 583 Å². The number of hydrogen-bond acceptors (Lipinski definition) is 6. The molecule has 0 N–H and O–H groups in total. The Balaban J connectivity index is 0.732. The third-order valence-corrected chi connectivity index (χ3v) is 20.9. The lowest BCUT2D eigenvalue weighted by Gasteiger charge is -2.44. The van der Waals surface area contributed by atoms with Crippen molar-refractivity contribution in [2.45, 2.75) is 0 Å². The van der Waals surface area contributed by atoms with Gasteiger partial charge in [-0.3, -0.25) is 0 Å². The van der Waals surface area contributed by atoms with Crippen LogP contribution in [0.15, 0.2) is 376 Å². The van der Waals surface area contributed by atoms with Crippen molar-refractivity contribution in [2.75, 3.05) is 29.4 Å². The van der Waals surface area contributed by atoms with Gasteiger partial charge in [0.2, 0.25) is 0 Å². The van der Waals surface area contributed by atoms with E-state index in [-0.39, 0.29) is 13.4 Å². The fourth-order valence-electron chi connectivity index (χ4n) is 16.7. The van der Waals surface area contributed by atoms with E-state index in [4.69, 9.17) is 0 Å². The molecule has 6 nitrogen and oxygen atoms in total. The van der Waals surface area contributed by atoms with E-state index in [9.17, 15) is 0 Å². The first-order valence-electron chi connectivity index (χ1n) is 34.6. The molecule has 4 heterocycles. The highest BCUT2D eigenvalue weighted by molar-refractivity contribution is 7.01. The van der Waals surface area contributed by atoms with Gasteiger partial charge in [0.25, 0.3) is 13.4 Å². The summed E-state index contributed by atoms with van der Waals surface area (Å²) in [7, 11) is 0. The molecular weight excluding hydrogens is 1210 g/mol. The molecule has 0 atom stereocenters. The van der Waals surface area contributed by atoms with Crippen LogP contribution in [0.2, 0.25) is 0 Å². The lowest BCUT2D eigenvalue weighted by atomic mass is 9.33. The summed E-state index contributed by atoms with van der Waals surface area (Å²) in [5, 5.41) is 4.75. The topological polar surface area (TPSA) is 19.4 Å². The van der Waals surface area contributed by atoms with Gasteiger partial charge in [-0.15, -0.1) is 0 Å². The molecule has 0 amide bonds. The first kappa shape index (κ1) is 57.2. The molecule has 0 aromatic heterocycles. The van der Waals surface area contributed by atoms with Gasteiger partial charge in [-0.1, -0.05) is 224 Å². The van der Waals surface area contributed by atoms with Crippen LogP contribution in [-0.2, 0) is 0 Å². The summed E-state index contributed by atoms with van der Waals surface area (Å²) in [6, 6.07) is 139. The van der Waals surface area contributed by atoms with Crippen LogP contribution in [-0.4, -0.2) is 13.4 Å². The van der Waals surface area contributed by atoms with Crippen LogP contribution in [0.1, 0.15) is 0 Å². The first-order chi connectivity index (χ1) is 49.7. The monoisotopic (exact) mass is 1270 g/mol. The second-order valence-electron chi connectivity index (χ2n) is 26.3. The van der Waals surface area contributed by atoms with Crippen LogP contribution in [0.25, 0.3) is 32.7 Å². The summed E-state index contributed by atoms with van der Waals surface area (Å²) in [5.74, 6) is 0. The Kier molecular flexibility index (Phi) is 13.4. The maximum absolute atomic E-state index is 2.57. The van der Waals surface area contributed by atoms with E-state index in [0.717, 1.165) is 90.4 Å². The summed E-state index contributed by atoms with van der Waals surface area (Å²) < 4.78 is 0. The van der Waals surface area contributed by atoms with Crippen molar-refractivity contribution in [3.63, 3.8) is 0 Å². The highest BCUT2D eigenvalue weighted by atomic mass is 15.2. The van der Waals surface area contributed by atoms with Crippen LogP contribution >= 0.6 is 0 Å². The lowest BCUT2D eigenvalue weighted by molar-refractivity contribution is 1.24. The van der Waals surface area contributed by atoms with Gasteiger partial charge in [0.1, 0.15) is 0 Å².